The molecule has 1 aliphatic heterocycles. The van der Waals surface area contributed by atoms with Crippen molar-refractivity contribution in [3.05, 3.63) is 60.2 Å². The van der Waals surface area contributed by atoms with Crippen LogP contribution in [0.15, 0.2) is 54.6 Å². The first kappa shape index (κ1) is 22.6. The fourth-order valence-electron chi connectivity index (χ4n) is 3.93. The normalized spacial score (nSPS) is 16.4. The summed E-state index contributed by atoms with van der Waals surface area (Å²) in [6.45, 7) is 5.93. The molecule has 0 aromatic heterocycles. The summed E-state index contributed by atoms with van der Waals surface area (Å²) >= 11 is 0. The third-order valence-electron chi connectivity index (χ3n) is 5.64. The largest absolute Gasteiger partial charge is 0.378 e. The quantitative estimate of drug-likeness (QED) is 0.663. The second kappa shape index (κ2) is 10.3. The first-order valence-corrected chi connectivity index (χ1v) is 12.3. The van der Waals surface area contributed by atoms with Gasteiger partial charge < -0.3 is 9.80 Å². The second-order valence-electron chi connectivity index (χ2n) is 8.03. The van der Waals surface area contributed by atoms with E-state index in [4.69, 9.17) is 0 Å². The van der Waals surface area contributed by atoms with Crippen molar-refractivity contribution >= 4 is 21.4 Å². The van der Waals surface area contributed by atoms with Crippen molar-refractivity contribution in [1.82, 2.24) is 9.62 Å². The Morgan fingerprint density at radius 1 is 0.967 bits per heavy atom. The molecule has 0 unspecified atom stereocenters. The van der Waals surface area contributed by atoms with Crippen LogP contribution in [0.5, 0.6) is 0 Å². The molecule has 1 saturated heterocycles. The zero-order valence-electron chi connectivity index (χ0n) is 18.3. The van der Waals surface area contributed by atoms with E-state index in [0.717, 1.165) is 37.4 Å². The number of nitrogens with zero attached hydrogens (tertiary/aromatic N) is 3. The summed E-state index contributed by atoms with van der Waals surface area (Å²) in [4.78, 5) is 6.86. The van der Waals surface area contributed by atoms with Crippen molar-refractivity contribution in [3.63, 3.8) is 0 Å². The van der Waals surface area contributed by atoms with E-state index in [1.807, 2.05) is 27.1 Å². The van der Waals surface area contributed by atoms with Crippen molar-refractivity contribution in [2.45, 2.75) is 19.4 Å². The molecule has 1 fully saturated rings. The molecule has 0 amide bonds. The molecule has 1 heterocycles. The van der Waals surface area contributed by atoms with Gasteiger partial charge in [0.25, 0.3) is 0 Å². The molecule has 2 aromatic rings. The third kappa shape index (κ3) is 5.97. The molecular weight excluding hydrogens is 396 g/mol. The molecule has 2 aromatic carbocycles. The van der Waals surface area contributed by atoms with Crippen LogP contribution in [0.25, 0.3) is 0 Å². The summed E-state index contributed by atoms with van der Waals surface area (Å²) < 4.78 is 27.4. The smallest absolute Gasteiger partial charge is 0.211 e. The van der Waals surface area contributed by atoms with Gasteiger partial charge in [-0.1, -0.05) is 37.3 Å². The van der Waals surface area contributed by atoms with Crippen LogP contribution in [0.3, 0.4) is 0 Å². The van der Waals surface area contributed by atoms with Gasteiger partial charge in [0, 0.05) is 64.2 Å². The maximum absolute atomic E-state index is 12.3. The van der Waals surface area contributed by atoms with E-state index in [9.17, 15) is 8.42 Å². The van der Waals surface area contributed by atoms with Gasteiger partial charge in [-0.15, -0.1) is 0 Å². The lowest BCUT2D eigenvalue weighted by Crippen LogP contribution is -2.50. The first-order chi connectivity index (χ1) is 14.4. The Bertz CT molecular complexity index is 877. The lowest BCUT2D eigenvalue weighted by molar-refractivity contribution is 0.187. The Morgan fingerprint density at radius 2 is 1.60 bits per heavy atom. The van der Waals surface area contributed by atoms with Gasteiger partial charge in [0.05, 0.1) is 5.75 Å². The summed E-state index contributed by atoms with van der Waals surface area (Å²) in [6.07, 6.45) is 0.618. The van der Waals surface area contributed by atoms with Gasteiger partial charge in [-0.3, -0.25) is 4.90 Å². The van der Waals surface area contributed by atoms with Crippen LogP contribution >= 0.6 is 0 Å². The predicted molar refractivity (Wildman–Crippen MR) is 126 cm³/mol. The molecule has 30 heavy (non-hydrogen) atoms. The molecule has 1 N–H and O–H groups in total. The van der Waals surface area contributed by atoms with Crippen molar-refractivity contribution in [1.29, 1.82) is 0 Å². The van der Waals surface area contributed by atoms with Gasteiger partial charge in [0.2, 0.25) is 10.0 Å². The highest BCUT2D eigenvalue weighted by Crippen LogP contribution is 2.26. The van der Waals surface area contributed by atoms with E-state index in [1.54, 1.807) is 0 Å². The van der Waals surface area contributed by atoms with Crippen LogP contribution in [-0.4, -0.2) is 65.9 Å². The average molecular weight is 431 g/mol. The molecule has 3 rings (SSSR count). The van der Waals surface area contributed by atoms with Crippen LogP contribution < -0.4 is 14.5 Å². The molecule has 0 bridgehead atoms. The number of anilines is 2. The Morgan fingerprint density at radius 3 is 2.17 bits per heavy atom. The molecule has 1 aliphatic rings. The summed E-state index contributed by atoms with van der Waals surface area (Å²) in [5, 5.41) is 0. The molecule has 1 atom stereocenters. The number of para-hydroxylation sites is 1. The van der Waals surface area contributed by atoms with E-state index >= 15 is 0 Å². The highest BCUT2D eigenvalue weighted by atomic mass is 32.2. The van der Waals surface area contributed by atoms with Crippen LogP contribution in [0.4, 0.5) is 11.4 Å². The van der Waals surface area contributed by atoms with E-state index in [-0.39, 0.29) is 11.8 Å². The van der Waals surface area contributed by atoms with Crippen LogP contribution in [0.1, 0.15) is 24.9 Å². The molecule has 0 aliphatic carbocycles. The average Bonchev–Trinajstić information content (AvgIpc) is 2.75. The van der Waals surface area contributed by atoms with Crippen LogP contribution in [-0.2, 0) is 10.0 Å². The molecule has 7 heteroatoms. The van der Waals surface area contributed by atoms with Gasteiger partial charge in [-0.05, 0) is 36.2 Å². The van der Waals surface area contributed by atoms with Gasteiger partial charge in [0.1, 0.15) is 0 Å². The lowest BCUT2D eigenvalue weighted by Gasteiger charge is -2.40. The van der Waals surface area contributed by atoms with Crippen LogP contribution in [0.2, 0.25) is 0 Å². The fraction of sp³-hybridized carbons (Fsp3) is 0.478. The van der Waals surface area contributed by atoms with E-state index < -0.39 is 10.0 Å². The molecule has 164 valence electrons. The second-order valence-corrected chi connectivity index (χ2v) is 9.95. The molecule has 0 saturated carbocycles. The number of hydrogen-bond acceptors (Lipinski definition) is 5. The first-order valence-electron chi connectivity index (χ1n) is 10.7. The zero-order valence-corrected chi connectivity index (χ0v) is 19.1. The van der Waals surface area contributed by atoms with Crippen molar-refractivity contribution < 1.29 is 8.42 Å². The van der Waals surface area contributed by atoms with Gasteiger partial charge >= 0.3 is 0 Å². The monoisotopic (exact) mass is 430 g/mol. The van der Waals surface area contributed by atoms with Crippen LogP contribution in [0, 0.1) is 0 Å². The maximum Gasteiger partial charge on any atom is 0.211 e. The van der Waals surface area contributed by atoms with Crippen molar-refractivity contribution in [2.75, 3.05) is 62.4 Å². The standard InChI is InChI=1S/C23H34N4O2S/c1-4-18-30(28,29)24-19-23(20-10-12-21(13-11-20)25(2)3)27-16-14-26(15-17-27)22-8-6-5-7-9-22/h5-13,23-24H,4,14-19H2,1-3H3/t23-/m0/s1. The number of sulfonamides is 1. The van der Waals surface area contributed by atoms with Crippen molar-refractivity contribution in [2.24, 2.45) is 0 Å². The number of benzene rings is 2. The van der Waals surface area contributed by atoms with Gasteiger partial charge in [-0.2, -0.15) is 0 Å². The molecule has 0 radical (unpaired) electrons. The summed E-state index contributed by atoms with van der Waals surface area (Å²) in [5.74, 6) is 0.168. The minimum Gasteiger partial charge on any atom is -0.378 e. The number of hydrogen-bond donors (Lipinski definition) is 1. The summed E-state index contributed by atoms with van der Waals surface area (Å²) in [5.41, 5.74) is 3.53. The van der Waals surface area contributed by atoms with E-state index in [1.165, 1.54) is 5.69 Å². The molecular formula is C23H34N4O2S. The Hall–Kier alpha value is -2.09. The predicted octanol–water partition coefficient (Wildman–Crippen LogP) is 2.95. The maximum atomic E-state index is 12.3. The highest BCUT2D eigenvalue weighted by molar-refractivity contribution is 7.89. The third-order valence-corrected chi connectivity index (χ3v) is 7.19. The van der Waals surface area contributed by atoms with Crippen molar-refractivity contribution in [3.8, 4) is 0 Å². The fourth-order valence-corrected chi connectivity index (χ4v) is 5.02. The van der Waals surface area contributed by atoms with E-state index in [0.29, 0.717) is 13.0 Å². The number of piperazine rings is 1. The molecule has 0 spiro atoms. The number of nitrogens with one attached hydrogen (secondary N) is 1. The summed E-state index contributed by atoms with van der Waals surface area (Å²) in [7, 11) is 0.800. The summed E-state index contributed by atoms with van der Waals surface area (Å²) in [6, 6.07) is 18.9. The van der Waals surface area contributed by atoms with E-state index in [2.05, 4.69) is 68.0 Å². The number of rotatable bonds is 9. The Labute approximate surface area is 181 Å². The minimum atomic E-state index is -3.24. The van der Waals surface area contributed by atoms with Gasteiger partial charge in [0.15, 0.2) is 0 Å². The Kier molecular flexibility index (Phi) is 7.75. The van der Waals surface area contributed by atoms with Gasteiger partial charge in [-0.25, -0.2) is 13.1 Å². The minimum absolute atomic E-state index is 0.0192. The molecule has 6 nitrogen and oxygen atoms in total. The Balaban J connectivity index is 1.74. The SMILES string of the molecule is CCCS(=O)(=O)NC[C@@H](c1ccc(N(C)C)cc1)N1CCN(c2ccccc2)CC1. The topological polar surface area (TPSA) is 55.9 Å². The zero-order chi connectivity index (χ0) is 21.6. The lowest BCUT2D eigenvalue weighted by atomic mass is 10.0. The highest BCUT2D eigenvalue weighted by Gasteiger charge is 2.26.